The molecule has 0 aliphatic rings. The topological polar surface area (TPSA) is 0 Å². The number of rotatable bonds is 0. The van der Waals surface area contributed by atoms with Crippen LogP contribution in [0.1, 0.15) is 0 Å². The Hall–Kier alpha value is 3.42. The van der Waals surface area contributed by atoms with Gasteiger partial charge in [-0.3, -0.25) is 0 Å². The van der Waals surface area contributed by atoms with Crippen molar-refractivity contribution in [2.24, 2.45) is 0 Å². The van der Waals surface area contributed by atoms with E-state index < -0.39 is 0 Å². The van der Waals surface area contributed by atoms with Gasteiger partial charge in [0.15, 0.2) is 0 Å². The first kappa shape index (κ1) is 26.2. The fourth-order valence-electron chi connectivity index (χ4n) is 0. The third-order valence-electron chi connectivity index (χ3n) is 0. The summed E-state index contributed by atoms with van der Waals surface area (Å²) in [6, 6.07) is 0. The molecule has 0 aromatic rings. The van der Waals surface area contributed by atoms with Crippen LogP contribution in [0.5, 0.6) is 0 Å². The van der Waals surface area contributed by atoms with Gasteiger partial charge in [-0.15, -0.1) is 0 Å². The minimum Gasteiger partial charge on any atom is 0 e. The van der Waals surface area contributed by atoms with Crippen LogP contribution in [0.15, 0.2) is 0 Å². The largest absolute Gasteiger partial charge is 0 e. The molecular formula is BFeNdSr. The molecule has 0 aliphatic carbocycles. The standard InChI is InChI=1S/B.Fe.Nd.Sr. The molecule has 17 valence electrons. The van der Waals surface area contributed by atoms with Gasteiger partial charge in [0.25, 0.3) is 0 Å². The van der Waals surface area contributed by atoms with Crippen molar-refractivity contribution in [1.29, 1.82) is 0 Å². The van der Waals surface area contributed by atoms with Crippen molar-refractivity contribution >= 4 is 53.9 Å². The summed E-state index contributed by atoms with van der Waals surface area (Å²) in [4.78, 5) is 0. The summed E-state index contributed by atoms with van der Waals surface area (Å²) >= 11 is 0. The van der Waals surface area contributed by atoms with Crippen LogP contribution in [0.3, 0.4) is 0 Å². The molecule has 0 nitrogen and oxygen atoms in total. The van der Waals surface area contributed by atoms with Gasteiger partial charge in [0.2, 0.25) is 0 Å². The van der Waals surface area contributed by atoms with E-state index in [-0.39, 0.29) is 112 Å². The summed E-state index contributed by atoms with van der Waals surface area (Å²) in [6.45, 7) is 0. The van der Waals surface area contributed by atoms with Crippen LogP contribution in [0.25, 0.3) is 0 Å². The summed E-state index contributed by atoms with van der Waals surface area (Å²) in [5.74, 6) is 0. The molecule has 0 rings (SSSR count). The molecule has 4 heavy (non-hydrogen) atoms. The third-order valence-corrected chi connectivity index (χ3v) is 0. The SMILES string of the molecule is [B].[Fe].[Nd].[Sr]. The minimum atomic E-state index is 0. The van der Waals surface area contributed by atoms with Gasteiger partial charge in [0, 0.05) is 112 Å². The van der Waals surface area contributed by atoms with Gasteiger partial charge >= 0.3 is 0 Å². The predicted molar refractivity (Wildman–Crippen MR) is 11.5 cm³/mol. The summed E-state index contributed by atoms with van der Waals surface area (Å²) in [5.41, 5.74) is 0. The molecule has 0 atom stereocenters. The van der Waals surface area contributed by atoms with Crippen molar-refractivity contribution in [3.8, 4) is 0 Å². The van der Waals surface area contributed by atoms with Gasteiger partial charge in [-0.2, -0.15) is 0 Å². The molecule has 0 heterocycles. The maximum absolute atomic E-state index is 0. The molecule has 0 N–H and O–H groups in total. The zero-order valence-electron chi connectivity index (χ0n) is 2.14. The second-order valence-electron chi connectivity index (χ2n) is 0. The van der Waals surface area contributed by atoms with E-state index in [2.05, 4.69) is 0 Å². The van der Waals surface area contributed by atoms with Crippen molar-refractivity contribution in [2.45, 2.75) is 0 Å². The van der Waals surface area contributed by atoms with Crippen molar-refractivity contribution in [3.63, 3.8) is 0 Å². The maximum Gasteiger partial charge on any atom is 0 e. The van der Waals surface area contributed by atoms with Crippen LogP contribution in [0.4, 0.5) is 0 Å². The quantitative estimate of drug-likeness (QED) is 0.516. The first-order chi connectivity index (χ1) is 0. The molecule has 0 aromatic heterocycles. The van der Waals surface area contributed by atoms with Gasteiger partial charge in [0.05, 0.1) is 0 Å². The van der Waals surface area contributed by atoms with E-state index in [4.69, 9.17) is 0 Å². The van der Waals surface area contributed by atoms with E-state index in [9.17, 15) is 0 Å². The minimum absolute atomic E-state index is 0. The van der Waals surface area contributed by atoms with Crippen LogP contribution < -0.4 is 0 Å². The Bertz CT molecular complexity index is 8.00. The normalized spacial score (nSPS) is 0. The molecule has 0 saturated carbocycles. The molecule has 0 fully saturated rings. The fourth-order valence-corrected chi connectivity index (χ4v) is 0. The molecule has 0 spiro atoms. The maximum atomic E-state index is 0. The Morgan fingerprint density at radius 1 is 1.00 bits per heavy atom. The number of hydrogen-bond donors (Lipinski definition) is 0. The van der Waals surface area contributed by atoms with Crippen molar-refractivity contribution in [1.82, 2.24) is 0 Å². The third kappa shape index (κ3) is 9.05. The average Bonchev–Trinajstić information content (AvgIpc) is 0. The van der Waals surface area contributed by atoms with Crippen molar-refractivity contribution < 1.29 is 57.9 Å². The van der Waals surface area contributed by atoms with Gasteiger partial charge in [-0.1, -0.05) is 0 Å². The van der Waals surface area contributed by atoms with Crippen molar-refractivity contribution in [2.75, 3.05) is 0 Å². The van der Waals surface area contributed by atoms with Crippen LogP contribution in [0.2, 0.25) is 0 Å². The predicted octanol–water partition coefficient (Wildman–Crippen LogP) is -0.764. The first-order valence-electron chi connectivity index (χ1n) is 0. The first-order valence-corrected chi connectivity index (χ1v) is 0. The van der Waals surface area contributed by atoms with Crippen LogP contribution in [-0.4, -0.2) is 53.9 Å². The molecule has 0 unspecified atom stereocenters. The van der Waals surface area contributed by atoms with Crippen LogP contribution in [0, 0.1) is 40.8 Å². The van der Waals surface area contributed by atoms with Crippen LogP contribution in [-0.2, 0) is 17.1 Å². The smallest absolute Gasteiger partial charge is 0 e. The Morgan fingerprint density at radius 2 is 1.00 bits per heavy atom. The monoisotopic (exact) mass is 297 g/mol. The number of hydrogen-bond acceptors (Lipinski definition) is 0. The molecule has 0 amide bonds. The Balaban J connectivity index is 0. The second kappa shape index (κ2) is 16.1. The zero-order valence-corrected chi connectivity index (χ0v) is 9.93. The van der Waals surface area contributed by atoms with Gasteiger partial charge in [-0.05, 0) is 0 Å². The van der Waals surface area contributed by atoms with Crippen LogP contribution >= 0.6 is 0 Å². The average molecular weight is 299 g/mol. The molecule has 4 heteroatoms. The summed E-state index contributed by atoms with van der Waals surface area (Å²) in [6.07, 6.45) is 0. The molecular weight excluding hydrogens is 299 g/mol. The van der Waals surface area contributed by atoms with E-state index in [1.165, 1.54) is 0 Å². The summed E-state index contributed by atoms with van der Waals surface area (Å²) in [5, 5.41) is 0. The molecule has 0 bridgehead atoms. The van der Waals surface area contributed by atoms with Gasteiger partial charge in [0.1, 0.15) is 0 Å². The Labute approximate surface area is 109 Å². The van der Waals surface area contributed by atoms with E-state index >= 15 is 0 Å². The Morgan fingerprint density at radius 3 is 1.00 bits per heavy atom. The molecule has 5 radical (unpaired) electrons. The van der Waals surface area contributed by atoms with E-state index in [0.717, 1.165) is 0 Å². The Kier molecular flexibility index (Phi) is 105. The van der Waals surface area contributed by atoms with E-state index in [1.807, 2.05) is 0 Å². The van der Waals surface area contributed by atoms with Gasteiger partial charge < -0.3 is 0 Å². The molecule has 0 aliphatic heterocycles. The second-order valence-corrected chi connectivity index (χ2v) is 0. The van der Waals surface area contributed by atoms with E-state index in [0.29, 0.717) is 0 Å². The van der Waals surface area contributed by atoms with E-state index in [1.54, 1.807) is 0 Å². The van der Waals surface area contributed by atoms with Crippen molar-refractivity contribution in [3.05, 3.63) is 0 Å². The fraction of sp³-hybridized carbons (Fsp3) is 0. The molecule has 0 aromatic carbocycles. The summed E-state index contributed by atoms with van der Waals surface area (Å²) < 4.78 is 0. The summed E-state index contributed by atoms with van der Waals surface area (Å²) in [7, 11) is 0. The van der Waals surface area contributed by atoms with Gasteiger partial charge in [-0.25, -0.2) is 0 Å². The zero-order chi connectivity index (χ0) is 0. The molecule has 0 saturated heterocycles.